The van der Waals surface area contributed by atoms with E-state index in [1.165, 1.54) is 7.11 Å². The van der Waals surface area contributed by atoms with Gasteiger partial charge in [-0.15, -0.1) is 12.4 Å². The maximum Gasteiger partial charge on any atom is 0.181 e. The van der Waals surface area contributed by atoms with E-state index in [-0.39, 0.29) is 17.7 Å². The van der Waals surface area contributed by atoms with Gasteiger partial charge in [0.1, 0.15) is 5.75 Å². The summed E-state index contributed by atoms with van der Waals surface area (Å²) in [5.74, 6) is 0.583. The van der Waals surface area contributed by atoms with Crippen LogP contribution < -0.4 is 10.1 Å². The van der Waals surface area contributed by atoms with Gasteiger partial charge in [0, 0.05) is 0 Å². The summed E-state index contributed by atoms with van der Waals surface area (Å²) in [5, 5.41) is 2.90. The van der Waals surface area contributed by atoms with Crippen molar-refractivity contribution in [1.29, 1.82) is 0 Å². The third-order valence-corrected chi connectivity index (χ3v) is 5.35. The van der Waals surface area contributed by atoms with Crippen LogP contribution in [-0.2, 0) is 9.84 Å². The van der Waals surface area contributed by atoms with E-state index >= 15 is 0 Å². The van der Waals surface area contributed by atoms with Gasteiger partial charge in [0.05, 0.1) is 17.3 Å². The van der Waals surface area contributed by atoms with Gasteiger partial charge >= 0.3 is 0 Å². The van der Waals surface area contributed by atoms with E-state index in [9.17, 15) is 8.42 Å². The van der Waals surface area contributed by atoms with E-state index in [2.05, 4.69) is 5.32 Å². The van der Waals surface area contributed by atoms with Crippen molar-refractivity contribution in [1.82, 2.24) is 5.32 Å². The molecule has 0 amide bonds. The van der Waals surface area contributed by atoms with Crippen LogP contribution in [0.3, 0.4) is 0 Å². The number of nitrogens with one attached hydrogen (secondary N) is 1. The molecule has 1 N–H and O–H groups in total. The van der Waals surface area contributed by atoms with Crippen LogP contribution in [0.15, 0.2) is 29.2 Å². The molecule has 1 fully saturated rings. The largest absolute Gasteiger partial charge is 0.497 e. The van der Waals surface area contributed by atoms with Gasteiger partial charge in [0.2, 0.25) is 0 Å². The number of piperidine rings is 1. The number of sulfone groups is 1. The molecule has 6 heteroatoms. The lowest BCUT2D eigenvalue weighted by atomic mass is 10.2. The average Bonchev–Trinajstić information content (AvgIpc) is 2.40. The predicted octanol–water partition coefficient (Wildman–Crippen LogP) is 1.64. The molecule has 1 aliphatic rings. The van der Waals surface area contributed by atoms with Gasteiger partial charge in [0.15, 0.2) is 9.84 Å². The van der Waals surface area contributed by atoms with Gasteiger partial charge in [-0.2, -0.15) is 0 Å². The molecule has 0 saturated carbocycles. The van der Waals surface area contributed by atoms with Crippen molar-refractivity contribution in [3.8, 4) is 5.75 Å². The molecule has 0 radical (unpaired) electrons. The third-order valence-electron chi connectivity index (χ3n) is 3.09. The number of hydrogen-bond donors (Lipinski definition) is 1. The molecule has 102 valence electrons. The second kappa shape index (κ2) is 6.41. The number of methoxy groups -OCH3 is 1. The highest BCUT2D eigenvalue weighted by molar-refractivity contribution is 7.92. The maximum absolute atomic E-state index is 12.4. The number of ether oxygens (including phenoxy) is 1. The standard InChI is InChI=1S/C12H17NO3S.ClH/c1-16-10-3-2-4-12(9-10)17(14,15)11-5-7-13-8-6-11;/h2-4,9,11,13H,5-8H2,1H3;1H. The van der Waals surface area contributed by atoms with Crippen molar-refractivity contribution in [2.45, 2.75) is 23.0 Å². The van der Waals surface area contributed by atoms with Gasteiger partial charge in [0.25, 0.3) is 0 Å². The fraction of sp³-hybridized carbons (Fsp3) is 0.500. The summed E-state index contributed by atoms with van der Waals surface area (Å²) >= 11 is 0. The molecule has 1 aromatic carbocycles. The molecule has 0 atom stereocenters. The zero-order valence-electron chi connectivity index (χ0n) is 10.3. The molecule has 1 aliphatic heterocycles. The lowest BCUT2D eigenvalue weighted by Crippen LogP contribution is -2.35. The molecular formula is C12H18ClNO3S. The van der Waals surface area contributed by atoms with Crippen LogP contribution in [0.5, 0.6) is 5.75 Å². The fourth-order valence-electron chi connectivity index (χ4n) is 2.08. The molecule has 0 aromatic heterocycles. The predicted molar refractivity (Wildman–Crippen MR) is 73.3 cm³/mol. The highest BCUT2D eigenvalue weighted by Gasteiger charge is 2.28. The first-order valence-corrected chi connectivity index (χ1v) is 7.28. The second-order valence-corrected chi connectivity index (χ2v) is 6.40. The second-order valence-electron chi connectivity index (χ2n) is 4.17. The van der Waals surface area contributed by atoms with Crippen LogP contribution in [0.1, 0.15) is 12.8 Å². The Balaban J connectivity index is 0.00000162. The van der Waals surface area contributed by atoms with Crippen LogP contribution in [-0.4, -0.2) is 33.9 Å². The van der Waals surface area contributed by atoms with Crippen molar-refractivity contribution in [2.24, 2.45) is 0 Å². The summed E-state index contributed by atoms with van der Waals surface area (Å²) in [4.78, 5) is 0.365. The van der Waals surface area contributed by atoms with Gasteiger partial charge < -0.3 is 10.1 Å². The molecule has 0 spiro atoms. The first-order valence-electron chi connectivity index (χ1n) is 5.73. The van der Waals surface area contributed by atoms with Gasteiger partial charge in [-0.3, -0.25) is 0 Å². The molecule has 0 unspecified atom stereocenters. The van der Waals surface area contributed by atoms with E-state index < -0.39 is 9.84 Å². The Morgan fingerprint density at radius 1 is 1.28 bits per heavy atom. The minimum Gasteiger partial charge on any atom is -0.497 e. The number of rotatable bonds is 3. The third kappa shape index (κ3) is 3.16. The molecule has 2 rings (SSSR count). The number of benzene rings is 1. The Labute approximate surface area is 114 Å². The first kappa shape index (κ1) is 15.3. The van der Waals surface area contributed by atoms with Crippen LogP contribution in [0.2, 0.25) is 0 Å². The monoisotopic (exact) mass is 291 g/mol. The number of hydrogen-bond acceptors (Lipinski definition) is 4. The molecule has 0 bridgehead atoms. The van der Waals surface area contributed by atoms with Crippen LogP contribution in [0.4, 0.5) is 0 Å². The summed E-state index contributed by atoms with van der Waals surface area (Å²) < 4.78 is 29.8. The molecular weight excluding hydrogens is 274 g/mol. The fourth-order valence-corrected chi connectivity index (χ4v) is 3.87. The topological polar surface area (TPSA) is 55.4 Å². The van der Waals surface area contributed by atoms with Crippen molar-refractivity contribution in [2.75, 3.05) is 20.2 Å². The molecule has 1 heterocycles. The minimum atomic E-state index is -3.21. The Morgan fingerprint density at radius 3 is 2.56 bits per heavy atom. The lowest BCUT2D eigenvalue weighted by Gasteiger charge is -2.22. The van der Waals surface area contributed by atoms with Crippen LogP contribution >= 0.6 is 12.4 Å². The van der Waals surface area contributed by atoms with E-state index in [1.807, 2.05) is 0 Å². The lowest BCUT2D eigenvalue weighted by molar-refractivity contribution is 0.413. The maximum atomic E-state index is 12.4. The highest BCUT2D eigenvalue weighted by Crippen LogP contribution is 2.25. The Kier molecular flexibility index (Phi) is 5.44. The van der Waals surface area contributed by atoms with Crippen LogP contribution in [0.25, 0.3) is 0 Å². The summed E-state index contributed by atoms with van der Waals surface area (Å²) in [6, 6.07) is 6.70. The molecule has 1 aromatic rings. The van der Waals surface area contributed by atoms with Crippen molar-refractivity contribution < 1.29 is 13.2 Å². The van der Waals surface area contributed by atoms with Crippen LogP contribution in [0, 0.1) is 0 Å². The van der Waals surface area contributed by atoms with E-state index in [1.54, 1.807) is 24.3 Å². The minimum absolute atomic E-state index is 0. The Bertz CT molecular complexity index is 484. The van der Waals surface area contributed by atoms with Gasteiger partial charge in [-0.25, -0.2) is 8.42 Å². The highest BCUT2D eigenvalue weighted by atomic mass is 35.5. The van der Waals surface area contributed by atoms with Gasteiger partial charge in [-0.1, -0.05) is 6.07 Å². The smallest absolute Gasteiger partial charge is 0.181 e. The zero-order chi connectivity index (χ0) is 12.3. The summed E-state index contributed by atoms with van der Waals surface area (Å²) in [7, 11) is -1.68. The molecule has 1 saturated heterocycles. The molecule has 18 heavy (non-hydrogen) atoms. The van der Waals surface area contributed by atoms with Crippen molar-refractivity contribution >= 4 is 22.2 Å². The first-order chi connectivity index (χ1) is 8.14. The Hall–Kier alpha value is -0.780. The van der Waals surface area contributed by atoms with E-state index in [0.29, 0.717) is 23.5 Å². The summed E-state index contributed by atoms with van der Waals surface area (Å²) in [6.07, 6.45) is 1.36. The molecule has 4 nitrogen and oxygen atoms in total. The quantitative estimate of drug-likeness (QED) is 0.920. The van der Waals surface area contributed by atoms with Crippen molar-refractivity contribution in [3.63, 3.8) is 0 Å². The zero-order valence-corrected chi connectivity index (χ0v) is 11.9. The SMILES string of the molecule is COc1cccc(S(=O)(=O)C2CCNCC2)c1.Cl. The van der Waals surface area contributed by atoms with Crippen molar-refractivity contribution in [3.05, 3.63) is 24.3 Å². The van der Waals surface area contributed by atoms with E-state index in [4.69, 9.17) is 4.74 Å². The number of halogens is 1. The summed E-state index contributed by atoms with van der Waals surface area (Å²) in [5.41, 5.74) is 0. The van der Waals surface area contributed by atoms with Gasteiger partial charge in [-0.05, 0) is 44.1 Å². The summed E-state index contributed by atoms with van der Waals surface area (Å²) in [6.45, 7) is 1.54. The normalized spacial score (nSPS) is 16.9. The average molecular weight is 292 g/mol. The molecule has 0 aliphatic carbocycles. The van der Waals surface area contributed by atoms with E-state index in [0.717, 1.165) is 13.1 Å². The Morgan fingerprint density at radius 2 is 1.94 bits per heavy atom.